The highest BCUT2D eigenvalue weighted by atomic mass is 35.5. The summed E-state index contributed by atoms with van der Waals surface area (Å²) in [4.78, 5) is 30.4. The molecule has 2 fully saturated rings. The Hall–Kier alpha value is -3.64. The van der Waals surface area contributed by atoms with E-state index in [0.29, 0.717) is 69.4 Å². The molecule has 2 N–H and O–H groups in total. The van der Waals surface area contributed by atoms with Crippen molar-refractivity contribution >= 4 is 39.9 Å². The van der Waals surface area contributed by atoms with E-state index in [-0.39, 0.29) is 23.2 Å². The zero-order valence-corrected chi connectivity index (χ0v) is 30.1. The summed E-state index contributed by atoms with van der Waals surface area (Å²) in [6, 6.07) is 11.9. The number of amides is 1. The number of nitrogens with one attached hydrogen (secondary N) is 2. The van der Waals surface area contributed by atoms with Crippen molar-refractivity contribution in [2.45, 2.75) is 75.2 Å². The molecule has 3 heterocycles. The Bertz CT molecular complexity index is 1860. The standard InChI is InChI=1S/C36H40Cl2N6O4S/c1-47-35-28(12-4-7-21-14-16-32(45)42-21)40-18-29(43-35)26-10-5-8-24(33(26)37)25-9-6-11-27(34(25)38)30-19-41-31(36(44-30)48-2)20-39-22-13-15-23(17-22)49(3)46/h5-6,8-11,18-19,21-23,39H,4,7,12-17,20H2,1-3H3,(H,42,45)/t21-,22?,23?,49?/m1/s1. The Kier molecular flexibility index (Phi) is 11.4. The van der Waals surface area contributed by atoms with Gasteiger partial charge in [0.2, 0.25) is 17.7 Å². The summed E-state index contributed by atoms with van der Waals surface area (Å²) >= 11 is 14.1. The van der Waals surface area contributed by atoms with Crippen LogP contribution in [0.1, 0.15) is 56.3 Å². The number of hydrogen-bond donors (Lipinski definition) is 2. The quantitative estimate of drug-likeness (QED) is 0.157. The first-order valence-electron chi connectivity index (χ1n) is 16.5. The van der Waals surface area contributed by atoms with Gasteiger partial charge >= 0.3 is 0 Å². The second kappa shape index (κ2) is 15.9. The van der Waals surface area contributed by atoms with Crippen LogP contribution in [0.3, 0.4) is 0 Å². The van der Waals surface area contributed by atoms with Crippen molar-refractivity contribution in [2.24, 2.45) is 0 Å². The SMILES string of the molecule is COc1nc(-c2cccc(-c3cccc(-c4cnc(CNC5CCC(S(C)=O)C5)c(OC)n4)c3Cl)c2Cl)cnc1CCC[C@@H]1CCC(=O)N1. The first-order chi connectivity index (χ1) is 23.7. The molecule has 258 valence electrons. The molecular formula is C36H40Cl2N6O4S. The molecular weight excluding hydrogens is 683 g/mol. The summed E-state index contributed by atoms with van der Waals surface area (Å²) in [5.74, 6) is 0.989. The molecule has 3 unspecified atom stereocenters. The van der Waals surface area contributed by atoms with E-state index in [9.17, 15) is 9.00 Å². The van der Waals surface area contributed by atoms with Gasteiger partial charge in [-0.2, -0.15) is 0 Å². The third-order valence-electron chi connectivity index (χ3n) is 9.31. The van der Waals surface area contributed by atoms with E-state index < -0.39 is 10.8 Å². The lowest BCUT2D eigenvalue weighted by atomic mass is 9.98. The monoisotopic (exact) mass is 722 g/mol. The predicted octanol–water partition coefficient (Wildman–Crippen LogP) is 6.58. The fraction of sp³-hybridized carbons (Fsp3) is 0.417. The second-order valence-electron chi connectivity index (χ2n) is 12.5. The topological polar surface area (TPSA) is 128 Å². The number of benzene rings is 2. The molecule has 6 rings (SSSR count). The predicted molar refractivity (Wildman–Crippen MR) is 193 cm³/mol. The third-order valence-corrected chi connectivity index (χ3v) is 11.5. The largest absolute Gasteiger partial charge is 0.480 e. The van der Waals surface area contributed by atoms with Crippen LogP contribution in [0.15, 0.2) is 48.8 Å². The Morgan fingerprint density at radius 2 is 1.47 bits per heavy atom. The lowest BCUT2D eigenvalue weighted by Crippen LogP contribution is -2.27. The van der Waals surface area contributed by atoms with Gasteiger partial charge in [-0.1, -0.05) is 59.6 Å². The first-order valence-corrected chi connectivity index (χ1v) is 18.9. The Morgan fingerprint density at radius 1 is 0.878 bits per heavy atom. The average Bonchev–Trinajstić information content (AvgIpc) is 3.77. The summed E-state index contributed by atoms with van der Waals surface area (Å²) in [6.45, 7) is 0.495. The van der Waals surface area contributed by atoms with Crippen LogP contribution >= 0.6 is 23.2 Å². The van der Waals surface area contributed by atoms with Gasteiger partial charge < -0.3 is 20.1 Å². The summed E-state index contributed by atoms with van der Waals surface area (Å²) in [5.41, 5.74) is 5.47. The van der Waals surface area contributed by atoms with Gasteiger partial charge in [0.1, 0.15) is 11.4 Å². The minimum atomic E-state index is -0.809. The number of rotatable bonds is 13. The average molecular weight is 724 g/mol. The Balaban J connectivity index is 1.20. The van der Waals surface area contributed by atoms with Crippen molar-refractivity contribution in [2.75, 3.05) is 20.5 Å². The van der Waals surface area contributed by atoms with Crippen LogP contribution in [-0.4, -0.2) is 67.9 Å². The Morgan fingerprint density at radius 3 is 2.02 bits per heavy atom. The van der Waals surface area contributed by atoms with Gasteiger partial charge in [0, 0.05) is 69.6 Å². The van der Waals surface area contributed by atoms with E-state index in [1.165, 1.54) is 0 Å². The maximum Gasteiger partial charge on any atom is 0.237 e. The number of aromatic nitrogens is 4. The molecule has 2 aromatic carbocycles. The minimum Gasteiger partial charge on any atom is -0.480 e. The van der Waals surface area contributed by atoms with E-state index in [4.69, 9.17) is 42.6 Å². The Labute approximate surface area is 299 Å². The summed E-state index contributed by atoms with van der Waals surface area (Å²) in [7, 11) is 2.35. The summed E-state index contributed by atoms with van der Waals surface area (Å²) in [5, 5.41) is 7.74. The van der Waals surface area contributed by atoms with E-state index >= 15 is 0 Å². The van der Waals surface area contributed by atoms with Crippen LogP contribution in [0.25, 0.3) is 33.6 Å². The molecule has 4 aromatic rings. The number of aryl methyl sites for hydroxylation is 1. The van der Waals surface area contributed by atoms with Crippen LogP contribution in [0.5, 0.6) is 11.8 Å². The highest BCUT2D eigenvalue weighted by molar-refractivity contribution is 7.84. The smallest absolute Gasteiger partial charge is 0.237 e. The van der Waals surface area contributed by atoms with Crippen molar-refractivity contribution in [1.82, 2.24) is 30.6 Å². The number of nitrogens with zero attached hydrogens (tertiary/aromatic N) is 4. The van der Waals surface area contributed by atoms with Gasteiger partial charge in [0.25, 0.3) is 0 Å². The van der Waals surface area contributed by atoms with Crippen LogP contribution in [0, 0.1) is 0 Å². The second-order valence-corrected chi connectivity index (χ2v) is 14.9. The molecule has 13 heteroatoms. The lowest BCUT2D eigenvalue weighted by Gasteiger charge is -2.16. The highest BCUT2D eigenvalue weighted by Gasteiger charge is 2.27. The van der Waals surface area contributed by atoms with Crippen LogP contribution in [-0.2, 0) is 28.6 Å². The summed E-state index contributed by atoms with van der Waals surface area (Å²) < 4.78 is 23.1. The normalized spacial score (nSPS) is 19.5. The third kappa shape index (κ3) is 8.06. The van der Waals surface area contributed by atoms with E-state index in [2.05, 4.69) is 20.6 Å². The molecule has 0 spiro atoms. The molecule has 0 radical (unpaired) electrons. The fourth-order valence-electron chi connectivity index (χ4n) is 6.63. The highest BCUT2D eigenvalue weighted by Crippen LogP contribution is 2.42. The number of ether oxygens (including phenoxy) is 2. The van der Waals surface area contributed by atoms with Crippen molar-refractivity contribution < 1.29 is 18.5 Å². The van der Waals surface area contributed by atoms with Gasteiger partial charge in [0.15, 0.2) is 0 Å². The molecule has 49 heavy (non-hydrogen) atoms. The molecule has 1 aliphatic carbocycles. The fourth-order valence-corrected chi connectivity index (χ4v) is 8.25. The molecule has 1 aliphatic heterocycles. The van der Waals surface area contributed by atoms with Gasteiger partial charge in [-0.05, 0) is 44.9 Å². The van der Waals surface area contributed by atoms with Crippen molar-refractivity contribution in [3.05, 3.63) is 70.2 Å². The van der Waals surface area contributed by atoms with Crippen molar-refractivity contribution in [3.63, 3.8) is 0 Å². The number of methoxy groups -OCH3 is 2. The number of carbonyl (C=O) groups excluding carboxylic acids is 1. The van der Waals surface area contributed by atoms with Crippen molar-refractivity contribution in [1.29, 1.82) is 0 Å². The molecule has 2 aliphatic rings. The van der Waals surface area contributed by atoms with Gasteiger partial charge in [-0.25, -0.2) is 9.97 Å². The van der Waals surface area contributed by atoms with E-state index in [0.717, 1.165) is 55.3 Å². The molecule has 2 aromatic heterocycles. The van der Waals surface area contributed by atoms with Crippen LogP contribution in [0.4, 0.5) is 0 Å². The first kappa shape index (κ1) is 35.2. The van der Waals surface area contributed by atoms with Crippen molar-refractivity contribution in [3.8, 4) is 45.4 Å². The minimum absolute atomic E-state index is 0.122. The maximum atomic E-state index is 11.9. The van der Waals surface area contributed by atoms with Gasteiger partial charge in [-0.15, -0.1) is 0 Å². The van der Waals surface area contributed by atoms with Crippen LogP contribution in [0.2, 0.25) is 10.0 Å². The van der Waals surface area contributed by atoms with E-state index in [1.54, 1.807) is 32.9 Å². The number of hydrogen-bond acceptors (Lipinski definition) is 9. The zero-order valence-electron chi connectivity index (χ0n) is 27.8. The molecule has 1 saturated heterocycles. The molecule has 1 saturated carbocycles. The summed E-state index contributed by atoms with van der Waals surface area (Å²) in [6.07, 6.45) is 11.9. The van der Waals surface area contributed by atoms with E-state index in [1.807, 2.05) is 36.4 Å². The number of carbonyl (C=O) groups is 1. The number of halogens is 2. The van der Waals surface area contributed by atoms with Gasteiger partial charge in [-0.3, -0.25) is 19.0 Å². The maximum absolute atomic E-state index is 11.9. The lowest BCUT2D eigenvalue weighted by molar-refractivity contribution is -0.119. The zero-order chi connectivity index (χ0) is 34.5. The van der Waals surface area contributed by atoms with Crippen LogP contribution < -0.4 is 20.1 Å². The van der Waals surface area contributed by atoms with Gasteiger partial charge in [0.05, 0.1) is 48.0 Å². The molecule has 0 bridgehead atoms. The molecule has 1 amide bonds. The molecule has 4 atom stereocenters. The molecule has 10 nitrogen and oxygen atoms in total.